The van der Waals surface area contributed by atoms with E-state index < -0.39 is 13.9 Å². The fourth-order valence-electron chi connectivity index (χ4n) is 2.26. The van der Waals surface area contributed by atoms with Gasteiger partial charge < -0.3 is 4.89 Å². The van der Waals surface area contributed by atoms with E-state index in [-0.39, 0.29) is 16.6 Å². The second-order valence-electron chi connectivity index (χ2n) is 9.92. The minimum Gasteiger partial charge on any atom is -0.326 e. The van der Waals surface area contributed by atoms with E-state index in [0.29, 0.717) is 0 Å². The first-order valence-corrected chi connectivity index (χ1v) is 11.6. The van der Waals surface area contributed by atoms with Gasteiger partial charge in [-0.1, -0.05) is 92.5 Å². The minimum atomic E-state index is -3.17. The molecule has 1 aromatic rings. The predicted molar refractivity (Wildman–Crippen MR) is 125 cm³/mol. The van der Waals surface area contributed by atoms with Gasteiger partial charge in [0.1, 0.15) is 5.60 Å². The first kappa shape index (κ1) is 27.8. The van der Waals surface area contributed by atoms with Crippen LogP contribution < -0.4 is 0 Å². The van der Waals surface area contributed by atoms with Gasteiger partial charge in [0.15, 0.2) is 5.78 Å². The molecule has 0 saturated carbocycles. The number of benzene rings is 1. The lowest BCUT2D eigenvalue weighted by Gasteiger charge is -2.26. The highest BCUT2D eigenvalue weighted by molar-refractivity contribution is 7.32. The molecular formula is C24H41O4P. The van der Waals surface area contributed by atoms with Crippen molar-refractivity contribution in [2.24, 2.45) is 0 Å². The summed E-state index contributed by atoms with van der Waals surface area (Å²) in [5.41, 5.74) is 1.99. The Kier molecular flexibility index (Phi) is 10.8. The molecule has 0 aliphatic heterocycles. The molecule has 0 amide bonds. The lowest BCUT2D eigenvalue weighted by molar-refractivity contribution is -0.126. The number of carbonyl (C=O) groups excluding carboxylic acids is 1. The molecule has 1 aromatic carbocycles. The standard InChI is InChI=1S/C20H31O4P.C4H10/c1-18(2,3)15-11-14(12-16(13-15)19(4,5)6)9-10-17(21)20(7,8)24-25(22)23;1-3-4-2/h9-13,25H,1-8H3,(H,22,23);3-4H2,1-2H3/b10-9+;. The van der Waals surface area contributed by atoms with E-state index >= 15 is 0 Å². The zero-order valence-corrected chi connectivity index (χ0v) is 21.0. The van der Waals surface area contributed by atoms with Crippen molar-refractivity contribution >= 4 is 20.1 Å². The third-order valence-corrected chi connectivity index (χ3v) is 5.24. The fourth-order valence-corrected chi connectivity index (χ4v) is 2.79. The molecule has 1 N–H and O–H groups in total. The minimum absolute atomic E-state index is 0.00693. The Bertz CT molecular complexity index is 685. The van der Waals surface area contributed by atoms with E-state index in [2.05, 4.69) is 73.6 Å². The molecule has 0 aliphatic carbocycles. The lowest BCUT2D eigenvalue weighted by Crippen LogP contribution is -2.31. The van der Waals surface area contributed by atoms with Crippen molar-refractivity contribution in [2.75, 3.05) is 0 Å². The summed E-state index contributed by atoms with van der Waals surface area (Å²) in [6.45, 7) is 20.3. The van der Waals surface area contributed by atoms with Crippen molar-refractivity contribution in [3.8, 4) is 0 Å². The van der Waals surface area contributed by atoms with Crippen LogP contribution in [0.2, 0.25) is 0 Å². The summed E-state index contributed by atoms with van der Waals surface area (Å²) in [6.07, 6.45) is 5.80. The largest absolute Gasteiger partial charge is 0.326 e. The molecule has 0 aliphatic rings. The van der Waals surface area contributed by atoms with Crippen molar-refractivity contribution in [1.29, 1.82) is 0 Å². The van der Waals surface area contributed by atoms with Crippen LogP contribution in [0.3, 0.4) is 0 Å². The summed E-state index contributed by atoms with van der Waals surface area (Å²) < 4.78 is 15.7. The third kappa shape index (κ3) is 10.4. The summed E-state index contributed by atoms with van der Waals surface area (Å²) in [6, 6.07) is 6.35. The molecule has 0 aromatic heterocycles. The van der Waals surface area contributed by atoms with Crippen LogP contribution in [0.5, 0.6) is 0 Å². The molecule has 4 nitrogen and oxygen atoms in total. The van der Waals surface area contributed by atoms with Gasteiger partial charge in [0.05, 0.1) is 0 Å². The van der Waals surface area contributed by atoms with Gasteiger partial charge in [-0.05, 0) is 47.4 Å². The van der Waals surface area contributed by atoms with Crippen molar-refractivity contribution in [3.63, 3.8) is 0 Å². The Balaban J connectivity index is 0.00000178. The molecule has 0 bridgehead atoms. The van der Waals surface area contributed by atoms with Gasteiger partial charge in [0, 0.05) is 0 Å². The third-order valence-electron chi connectivity index (χ3n) is 4.55. The molecule has 0 fully saturated rings. The van der Waals surface area contributed by atoms with Gasteiger partial charge in [0.25, 0.3) is 0 Å². The van der Waals surface area contributed by atoms with Gasteiger partial charge in [-0.2, -0.15) is 0 Å². The van der Waals surface area contributed by atoms with Crippen LogP contribution in [-0.2, 0) is 24.7 Å². The second kappa shape index (κ2) is 11.2. The lowest BCUT2D eigenvalue weighted by atomic mass is 9.79. The van der Waals surface area contributed by atoms with Crippen molar-refractivity contribution in [1.82, 2.24) is 0 Å². The van der Waals surface area contributed by atoms with Gasteiger partial charge in [0.2, 0.25) is 0 Å². The average Bonchev–Trinajstić information content (AvgIpc) is 2.56. The van der Waals surface area contributed by atoms with Crippen molar-refractivity contribution in [3.05, 3.63) is 41.0 Å². The quantitative estimate of drug-likeness (QED) is 0.401. The maximum absolute atomic E-state index is 12.3. The molecule has 0 spiro atoms. The fraction of sp³-hybridized carbons (Fsp3) is 0.625. The highest BCUT2D eigenvalue weighted by atomic mass is 31.1. The molecule has 1 atom stereocenters. The summed E-state index contributed by atoms with van der Waals surface area (Å²) in [5.74, 6) is -0.349. The summed E-state index contributed by atoms with van der Waals surface area (Å²) >= 11 is 0. The van der Waals surface area contributed by atoms with E-state index in [1.54, 1.807) is 6.08 Å². The maximum Gasteiger partial charge on any atom is 0.317 e. The molecule has 29 heavy (non-hydrogen) atoms. The molecule has 0 heterocycles. The van der Waals surface area contributed by atoms with E-state index in [4.69, 9.17) is 9.42 Å². The number of carbonyl (C=O) groups is 1. The van der Waals surface area contributed by atoms with E-state index in [0.717, 1.165) is 5.56 Å². The topological polar surface area (TPSA) is 63.6 Å². The molecule has 5 heteroatoms. The molecular weight excluding hydrogens is 383 g/mol. The Morgan fingerprint density at radius 3 is 1.66 bits per heavy atom. The summed E-state index contributed by atoms with van der Waals surface area (Å²) in [7, 11) is -3.17. The molecule has 1 unspecified atom stereocenters. The number of unbranched alkanes of at least 4 members (excludes halogenated alkanes) is 1. The van der Waals surface area contributed by atoms with Crippen LogP contribution in [-0.4, -0.2) is 16.3 Å². The van der Waals surface area contributed by atoms with Crippen LogP contribution in [0, 0.1) is 0 Å². The summed E-state index contributed by atoms with van der Waals surface area (Å²) in [4.78, 5) is 21.2. The molecule has 1 rings (SSSR count). The molecule has 0 saturated heterocycles. The van der Waals surface area contributed by atoms with Crippen LogP contribution in [0.4, 0.5) is 0 Å². The van der Waals surface area contributed by atoms with Crippen LogP contribution >= 0.6 is 8.25 Å². The normalized spacial score (nSPS) is 13.8. The first-order valence-electron chi connectivity index (χ1n) is 10.3. The molecule has 166 valence electrons. The second-order valence-corrected chi connectivity index (χ2v) is 10.7. The number of rotatable bonds is 6. The SMILES string of the molecule is CC(C)(O[PH](=O)O)C(=O)/C=C/c1cc(C(C)(C)C)cc(C(C)(C)C)c1.CCCC. The smallest absolute Gasteiger partial charge is 0.317 e. The van der Waals surface area contributed by atoms with Gasteiger partial charge >= 0.3 is 8.25 Å². The highest BCUT2D eigenvalue weighted by Crippen LogP contribution is 2.31. The Morgan fingerprint density at radius 2 is 1.34 bits per heavy atom. The van der Waals surface area contributed by atoms with Gasteiger partial charge in [-0.25, -0.2) is 0 Å². The molecule has 0 radical (unpaired) electrons. The predicted octanol–water partition coefficient (Wildman–Crippen LogP) is 6.85. The van der Waals surface area contributed by atoms with E-state index in [1.807, 2.05) is 0 Å². The highest BCUT2D eigenvalue weighted by Gasteiger charge is 2.28. The Hall–Kier alpha value is -1.22. The van der Waals surface area contributed by atoms with Crippen LogP contribution in [0.25, 0.3) is 6.08 Å². The summed E-state index contributed by atoms with van der Waals surface area (Å²) in [5, 5.41) is 0. The zero-order chi connectivity index (χ0) is 23.0. The number of hydrogen-bond donors (Lipinski definition) is 1. The average molecular weight is 425 g/mol. The number of hydrogen-bond acceptors (Lipinski definition) is 3. The van der Waals surface area contributed by atoms with Gasteiger partial charge in [-0.3, -0.25) is 13.9 Å². The van der Waals surface area contributed by atoms with Crippen LogP contribution in [0.15, 0.2) is 24.3 Å². The zero-order valence-electron chi connectivity index (χ0n) is 20.0. The Labute approximate surface area is 178 Å². The number of ketones is 1. The maximum atomic E-state index is 12.3. The monoisotopic (exact) mass is 424 g/mol. The van der Waals surface area contributed by atoms with Gasteiger partial charge in [-0.15, -0.1) is 0 Å². The van der Waals surface area contributed by atoms with Crippen LogP contribution in [0.1, 0.15) is 98.8 Å². The van der Waals surface area contributed by atoms with E-state index in [9.17, 15) is 9.36 Å². The Morgan fingerprint density at radius 1 is 0.931 bits per heavy atom. The van der Waals surface area contributed by atoms with E-state index in [1.165, 1.54) is 43.9 Å². The first-order chi connectivity index (χ1) is 13.0. The van der Waals surface area contributed by atoms with Crippen molar-refractivity contribution in [2.45, 2.75) is 98.5 Å². The van der Waals surface area contributed by atoms with Crippen molar-refractivity contribution < 1.29 is 18.8 Å².